The molecule has 0 radical (unpaired) electrons. The molecule has 0 saturated carbocycles. The van der Waals surface area contributed by atoms with Crippen molar-refractivity contribution >= 4 is 23.1 Å². The molecule has 0 atom stereocenters. The number of allylic oxidation sites excluding steroid dienone is 1. The zero-order valence-corrected chi connectivity index (χ0v) is 14.1. The lowest BCUT2D eigenvalue weighted by Crippen LogP contribution is -2.17. The second-order valence-electron chi connectivity index (χ2n) is 7.23. The molecule has 0 N–H and O–H groups in total. The van der Waals surface area contributed by atoms with Crippen LogP contribution in [0.3, 0.4) is 0 Å². The molecule has 1 aliphatic carbocycles. The summed E-state index contributed by atoms with van der Waals surface area (Å²) in [6.45, 7) is 6.37. The third kappa shape index (κ3) is 2.35. The first-order valence-corrected chi connectivity index (χ1v) is 8.12. The van der Waals surface area contributed by atoms with Crippen LogP contribution in [0, 0.1) is 0 Å². The lowest BCUT2D eigenvalue weighted by Gasteiger charge is -2.17. The van der Waals surface area contributed by atoms with Gasteiger partial charge in [-0.15, -0.1) is 0 Å². The van der Waals surface area contributed by atoms with Crippen molar-refractivity contribution in [3.05, 3.63) is 65.1 Å². The highest BCUT2D eigenvalue weighted by Crippen LogP contribution is 2.29. The van der Waals surface area contributed by atoms with Gasteiger partial charge in [0.2, 0.25) is 0 Å². The van der Waals surface area contributed by atoms with Crippen molar-refractivity contribution < 1.29 is 4.79 Å². The van der Waals surface area contributed by atoms with Crippen LogP contribution in [-0.2, 0) is 16.6 Å². The van der Waals surface area contributed by atoms with Crippen LogP contribution in [-0.4, -0.2) is 20.4 Å². The Morgan fingerprint density at radius 2 is 1.88 bits per heavy atom. The lowest BCUT2D eigenvalue weighted by molar-refractivity contribution is -0.113. The molecule has 2 heterocycles. The van der Waals surface area contributed by atoms with Crippen LogP contribution in [0.1, 0.15) is 43.3 Å². The Balaban J connectivity index is 1.89. The van der Waals surface area contributed by atoms with E-state index in [2.05, 4.69) is 25.8 Å². The maximum Gasteiger partial charge on any atom is 0.169 e. The molecule has 0 unspecified atom stereocenters. The van der Waals surface area contributed by atoms with Gasteiger partial charge in [-0.1, -0.05) is 51.1 Å². The zero-order chi connectivity index (χ0) is 16.9. The van der Waals surface area contributed by atoms with Gasteiger partial charge >= 0.3 is 0 Å². The van der Waals surface area contributed by atoms with Crippen molar-refractivity contribution in [2.45, 2.75) is 32.6 Å². The smallest absolute Gasteiger partial charge is 0.169 e. The predicted molar refractivity (Wildman–Crippen MR) is 94.7 cm³/mol. The van der Waals surface area contributed by atoms with Gasteiger partial charge in [-0.05, 0) is 11.6 Å². The molecule has 0 fully saturated rings. The number of ketones is 1. The summed E-state index contributed by atoms with van der Waals surface area (Å²) in [6.07, 6.45) is 4.12. The van der Waals surface area contributed by atoms with Crippen LogP contribution in [0.25, 0.3) is 17.3 Å². The monoisotopic (exact) mass is 317 g/mol. The third-order valence-electron chi connectivity index (χ3n) is 4.40. The van der Waals surface area contributed by atoms with Gasteiger partial charge in [0, 0.05) is 28.8 Å². The Morgan fingerprint density at radius 3 is 2.58 bits per heavy atom. The van der Waals surface area contributed by atoms with E-state index in [1.54, 1.807) is 0 Å². The van der Waals surface area contributed by atoms with Gasteiger partial charge in [0.15, 0.2) is 11.4 Å². The molecule has 0 spiro atoms. The fourth-order valence-corrected chi connectivity index (χ4v) is 3.00. The fourth-order valence-electron chi connectivity index (χ4n) is 3.00. The second kappa shape index (κ2) is 5.13. The highest BCUT2D eigenvalue weighted by atomic mass is 16.1. The molecule has 1 aliphatic rings. The molecule has 0 aliphatic heterocycles. The molecule has 4 nitrogen and oxygen atoms in total. The Labute approximate surface area is 140 Å². The summed E-state index contributed by atoms with van der Waals surface area (Å²) in [7, 11) is 0. The SMILES string of the molecule is CC(C)(C)c1cc2ncc3c(n2n1)CC(=O)C(c1ccccc1)=C3. The van der Waals surface area contributed by atoms with E-state index in [4.69, 9.17) is 5.10 Å². The van der Waals surface area contributed by atoms with Crippen molar-refractivity contribution in [1.82, 2.24) is 14.6 Å². The number of hydrogen-bond donors (Lipinski definition) is 0. The van der Waals surface area contributed by atoms with E-state index < -0.39 is 0 Å². The van der Waals surface area contributed by atoms with Crippen LogP contribution in [0.4, 0.5) is 0 Å². The second-order valence-corrected chi connectivity index (χ2v) is 7.23. The molecule has 3 aromatic rings. The van der Waals surface area contributed by atoms with Gasteiger partial charge in [0.25, 0.3) is 0 Å². The Bertz CT molecular complexity index is 975. The predicted octanol–water partition coefficient (Wildman–Crippen LogP) is 3.69. The summed E-state index contributed by atoms with van der Waals surface area (Å²) in [4.78, 5) is 17.2. The minimum absolute atomic E-state index is 0.0513. The van der Waals surface area contributed by atoms with Crippen LogP contribution in [0.2, 0.25) is 0 Å². The average Bonchev–Trinajstić information content (AvgIpc) is 3.00. The van der Waals surface area contributed by atoms with Crippen LogP contribution in [0.5, 0.6) is 0 Å². The summed E-state index contributed by atoms with van der Waals surface area (Å²) >= 11 is 0. The molecule has 2 aromatic heterocycles. The van der Waals surface area contributed by atoms with Crippen molar-refractivity contribution in [2.75, 3.05) is 0 Å². The minimum Gasteiger partial charge on any atom is -0.294 e. The number of benzene rings is 1. The fraction of sp³-hybridized carbons (Fsp3) is 0.250. The van der Waals surface area contributed by atoms with Crippen LogP contribution < -0.4 is 0 Å². The van der Waals surface area contributed by atoms with E-state index in [0.29, 0.717) is 6.42 Å². The number of hydrogen-bond acceptors (Lipinski definition) is 3. The lowest BCUT2D eigenvalue weighted by atomic mass is 9.91. The van der Waals surface area contributed by atoms with Crippen molar-refractivity contribution in [3.8, 4) is 0 Å². The first-order valence-electron chi connectivity index (χ1n) is 8.12. The van der Waals surface area contributed by atoms with Gasteiger partial charge in [0.1, 0.15) is 0 Å². The van der Waals surface area contributed by atoms with Crippen LogP contribution >= 0.6 is 0 Å². The maximum absolute atomic E-state index is 12.7. The van der Waals surface area contributed by atoms with E-state index in [9.17, 15) is 4.79 Å². The highest BCUT2D eigenvalue weighted by Gasteiger charge is 2.25. The summed E-state index contributed by atoms with van der Waals surface area (Å²) < 4.78 is 1.83. The molecule has 4 heteroatoms. The largest absolute Gasteiger partial charge is 0.294 e. The Morgan fingerprint density at radius 1 is 1.12 bits per heavy atom. The topological polar surface area (TPSA) is 47.3 Å². The molecule has 0 bridgehead atoms. The molecule has 4 rings (SSSR count). The normalized spacial score (nSPS) is 14.6. The van der Waals surface area contributed by atoms with E-state index in [1.807, 2.05) is 53.2 Å². The summed E-state index contributed by atoms with van der Waals surface area (Å²) in [5.74, 6) is 0.119. The summed E-state index contributed by atoms with van der Waals surface area (Å²) in [5.41, 5.74) is 5.29. The van der Waals surface area contributed by atoms with Crippen molar-refractivity contribution in [2.24, 2.45) is 0 Å². The number of nitrogens with zero attached hydrogens (tertiary/aromatic N) is 3. The molecular weight excluding hydrogens is 298 g/mol. The molecule has 0 saturated heterocycles. The van der Waals surface area contributed by atoms with E-state index >= 15 is 0 Å². The Kier molecular flexibility index (Phi) is 3.17. The highest BCUT2D eigenvalue weighted by molar-refractivity contribution is 6.27. The van der Waals surface area contributed by atoms with Crippen LogP contribution in [0.15, 0.2) is 42.6 Å². The third-order valence-corrected chi connectivity index (χ3v) is 4.40. The molecule has 1 aromatic carbocycles. The van der Waals surface area contributed by atoms with Gasteiger partial charge in [0.05, 0.1) is 17.8 Å². The van der Waals surface area contributed by atoms with E-state index in [-0.39, 0.29) is 11.2 Å². The summed E-state index contributed by atoms with van der Waals surface area (Å²) in [6, 6.07) is 11.8. The number of aromatic nitrogens is 3. The Hall–Kier alpha value is -2.75. The molecule has 0 amide bonds. The quantitative estimate of drug-likeness (QED) is 0.687. The first kappa shape index (κ1) is 14.8. The number of Topliss-reactive ketones (excluding diaryl/α,β-unsaturated/α-hetero) is 1. The van der Waals surface area contributed by atoms with Gasteiger partial charge in [-0.3, -0.25) is 4.79 Å². The van der Waals surface area contributed by atoms with E-state index in [1.165, 1.54) is 0 Å². The molecule has 24 heavy (non-hydrogen) atoms. The minimum atomic E-state index is -0.0513. The van der Waals surface area contributed by atoms with Gasteiger partial charge < -0.3 is 0 Å². The van der Waals surface area contributed by atoms with Crippen molar-refractivity contribution in [1.29, 1.82) is 0 Å². The maximum atomic E-state index is 12.7. The number of carbonyl (C=O) groups is 1. The van der Waals surface area contributed by atoms with Crippen molar-refractivity contribution in [3.63, 3.8) is 0 Å². The average molecular weight is 317 g/mol. The summed E-state index contributed by atoms with van der Waals surface area (Å²) in [5, 5.41) is 4.70. The van der Waals surface area contributed by atoms with Gasteiger partial charge in [-0.2, -0.15) is 5.10 Å². The number of rotatable bonds is 1. The number of carbonyl (C=O) groups excluding carboxylic acids is 1. The van der Waals surface area contributed by atoms with E-state index in [0.717, 1.165) is 33.7 Å². The zero-order valence-electron chi connectivity index (χ0n) is 14.1. The molecule has 120 valence electrons. The standard InChI is InChI=1S/C20H19N3O/c1-20(2,3)18-11-19-21-12-14-9-15(13-7-5-4-6-8-13)17(24)10-16(14)23(19)22-18/h4-9,11-12H,10H2,1-3H3. The molecular formula is C20H19N3O. The number of fused-ring (bicyclic) bond motifs is 3. The first-order chi connectivity index (χ1) is 11.4. The van der Waals surface area contributed by atoms with Gasteiger partial charge in [-0.25, -0.2) is 9.50 Å².